The highest BCUT2D eigenvalue weighted by Gasteiger charge is 2.26. The highest BCUT2D eigenvalue weighted by Crippen LogP contribution is 2.19. The Hall–Kier alpha value is -1.24. The fourth-order valence-corrected chi connectivity index (χ4v) is 2.30. The van der Waals surface area contributed by atoms with E-state index in [1.165, 1.54) is 6.42 Å². The van der Waals surface area contributed by atoms with Crippen molar-refractivity contribution in [3.05, 3.63) is 24.0 Å². The molecule has 7 heteroatoms. The molecule has 0 saturated carbocycles. The first-order chi connectivity index (χ1) is 9.47. The first kappa shape index (κ1) is 15.2. The molecular weight excluding hydrogens is 273 g/mol. The van der Waals surface area contributed by atoms with E-state index in [1.807, 2.05) is 0 Å². The van der Waals surface area contributed by atoms with Crippen LogP contribution < -0.4 is 10.2 Å². The Kier molecular flexibility index (Phi) is 4.91. The zero-order valence-electron chi connectivity index (χ0n) is 11.1. The van der Waals surface area contributed by atoms with Crippen molar-refractivity contribution >= 4 is 12.4 Å². The van der Waals surface area contributed by atoms with E-state index >= 15 is 0 Å². The summed E-state index contributed by atoms with van der Waals surface area (Å²) < 4.78 is 56.4. The van der Waals surface area contributed by atoms with Crippen molar-refractivity contribution in [3.8, 4) is 5.75 Å². The van der Waals surface area contributed by atoms with E-state index in [0.29, 0.717) is 6.54 Å². The molecule has 1 aromatic rings. The molecule has 0 bridgehead atoms. The average Bonchev–Trinajstić information content (AvgIpc) is 2.41. The topological polar surface area (TPSA) is 12.5 Å². The molecule has 0 unspecified atom stereocenters. The van der Waals surface area contributed by atoms with Crippen molar-refractivity contribution < 1.29 is 22.1 Å². The van der Waals surface area contributed by atoms with Crippen LogP contribution in [0.15, 0.2) is 18.2 Å². The highest BCUT2D eigenvalue weighted by molar-refractivity contribution is 6.73. The van der Waals surface area contributed by atoms with E-state index in [0.717, 1.165) is 44.1 Å². The van der Waals surface area contributed by atoms with Gasteiger partial charge < -0.3 is 17.7 Å². The fourth-order valence-electron chi connectivity index (χ4n) is 2.30. The monoisotopic (exact) mass is 290 g/mol. The van der Waals surface area contributed by atoms with Gasteiger partial charge in [-0.15, -0.1) is 5.46 Å². The number of piperidine rings is 1. The molecule has 0 atom stereocenters. The lowest BCUT2D eigenvalue weighted by Gasteiger charge is -2.26. The van der Waals surface area contributed by atoms with E-state index in [9.17, 15) is 17.3 Å². The van der Waals surface area contributed by atoms with Crippen LogP contribution in [0.4, 0.5) is 17.3 Å². The average molecular weight is 290 g/mol. The first-order valence-electron chi connectivity index (χ1n) is 6.81. The maximum atomic E-state index is 13.4. The second kappa shape index (κ2) is 6.48. The number of likely N-dealkylation sites (tertiary alicyclic amines) is 1. The Morgan fingerprint density at radius 2 is 1.80 bits per heavy atom. The molecule has 2 nitrogen and oxygen atoms in total. The van der Waals surface area contributed by atoms with Gasteiger partial charge in [-0.25, -0.2) is 4.39 Å². The van der Waals surface area contributed by atoms with Crippen molar-refractivity contribution in [2.75, 3.05) is 26.2 Å². The molecular formula is C13H17BF4NO-. The highest BCUT2D eigenvalue weighted by atomic mass is 19.4. The Morgan fingerprint density at radius 3 is 2.45 bits per heavy atom. The molecule has 0 N–H and O–H groups in total. The normalized spacial score (nSPS) is 17.2. The molecule has 1 fully saturated rings. The molecule has 1 heterocycles. The van der Waals surface area contributed by atoms with Gasteiger partial charge in [0, 0.05) is 6.54 Å². The largest absolute Gasteiger partial charge is 0.509 e. The second-order valence-corrected chi connectivity index (χ2v) is 5.02. The van der Waals surface area contributed by atoms with Crippen molar-refractivity contribution in [2.24, 2.45) is 0 Å². The summed E-state index contributed by atoms with van der Waals surface area (Å²) in [5.74, 6) is -1.08. The molecule has 0 amide bonds. The number of halogens is 4. The number of nitrogens with zero attached hydrogens (tertiary/aromatic N) is 1. The van der Waals surface area contributed by atoms with E-state index < -0.39 is 18.3 Å². The third-order valence-electron chi connectivity index (χ3n) is 3.45. The van der Waals surface area contributed by atoms with Crippen molar-refractivity contribution in [2.45, 2.75) is 19.3 Å². The van der Waals surface area contributed by atoms with Crippen LogP contribution in [0.5, 0.6) is 5.75 Å². The van der Waals surface area contributed by atoms with E-state index in [2.05, 4.69) is 4.90 Å². The van der Waals surface area contributed by atoms with Crippen LogP contribution in [-0.2, 0) is 0 Å². The number of benzene rings is 1. The molecule has 1 aliphatic heterocycles. The number of hydrogen-bond donors (Lipinski definition) is 0. The quantitative estimate of drug-likeness (QED) is 0.610. The van der Waals surface area contributed by atoms with Crippen LogP contribution in [0.1, 0.15) is 19.3 Å². The van der Waals surface area contributed by atoms with Crippen LogP contribution >= 0.6 is 0 Å². The van der Waals surface area contributed by atoms with Crippen LogP contribution in [-0.4, -0.2) is 38.1 Å². The predicted molar refractivity (Wildman–Crippen MR) is 70.9 cm³/mol. The predicted octanol–water partition coefficient (Wildman–Crippen LogP) is 2.74. The molecule has 0 spiro atoms. The summed E-state index contributed by atoms with van der Waals surface area (Å²) >= 11 is 0. The molecule has 2 rings (SSSR count). The van der Waals surface area contributed by atoms with Gasteiger partial charge in [-0.05, 0) is 38.1 Å². The van der Waals surface area contributed by atoms with E-state index in [1.54, 1.807) is 0 Å². The van der Waals surface area contributed by atoms with Crippen LogP contribution in [0.25, 0.3) is 0 Å². The lowest BCUT2D eigenvalue weighted by atomic mass is 9.80. The summed E-state index contributed by atoms with van der Waals surface area (Å²) in [6.07, 6.45) is 3.46. The van der Waals surface area contributed by atoms with E-state index in [-0.39, 0.29) is 12.4 Å². The van der Waals surface area contributed by atoms with Gasteiger partial charge in [-0.2, -0.15) is 0 Å². The molecule has 1 aliphatic rings. The Morgan fingerprint density at radius 1 is 1.10 bits per heavy atom. The van der Waals surface area contributed by atoms with Gasteiger partial charge in [0.25, 0.3) is 0 Å². The number of hydrogen-bond acceptors (Lipinski definition) is 2. The van der Waals surface area contributed by atoms with Gasteiger partial charge in [0.1, 0.15) is 6.61 Å². The van der Waals surface area contributed by atoms with Crippen molar-refractivity contribution in [1.29, 1.82) is 0 Å². The molecule has 0 aromatic heterocycles. The lowest BCUT2D eigenvalue weighted by molar-refractivity contribution is 0.180. The van der Waals surface area contributed by atoms with Gasteiger partial charge in [0.05, 0.1) is 0 Å². The Labute approximate surface area is 115 Å². The summed E-state index contributed by atoms with van der Waals surface area (Å²) in [6, 6.07) is 2.29. The maximum Gasteiger partial charge on any atom is 0.509 e. The summed E-state index contributed by atoms with van der Waals surface area (Å²) in [6.45, 7) is -2.38. The molecule has 0 radical (unpaired) electrons. The SMILES string of the molecule is Fc1ccc([B-](F)(F)F)cc1OCCN1CCCCC1. The first-order valence-corrected chi connectivity index (χ1v) is 6.81. The second-order valence-electron chi connectivity index (χ2n) is 5.02. The van der Waals surface area contributed by atoms with Gasteiger partial charge in [0.2, 0.25) is 0 Å². The zero-order chi connectivity index (χ0) is 14.6. The smallest absolute Gasteiger partial charge is 0.489 e. The van der Waals surface area contributed by atoms with E-state index in [4.69, 9.17) is 4.74 Å². The summed E-state index contributed by atoms with van der Waals surface area (Å²) in [7, 11) is 0. The maximum absolute atomic E-state index is 13.4. The van der Waals surface area contributed by atoms with Gasteiger partial charge in [0.15, 0.2) is 11.6 Å². The van der Waals surface area contributed by atoms with Gasteiger partial charge in [-0.1, -0.05) is 12.5 Å². The van der Waals surface area contributed by atoms with Crippen molar-refractivity contribution in [3.63, 3.8) is 0 Å². The zero-order valence-corrected chi connectivity index (χ0v) is 11.1. The summed E-state index contributed by atoms with van der Waals surface area (Å²) in [4.78, 5) is 2.18. The summed E-state index contributed by atoms with van der Waals surface area (Å²) in [5.41, 5.74) is -0.834. The standard InChI is InChI=1S/C13H17BF4NO/c15-12-5-4-11(14(16,17)18)10-13(12)20-9-8-19-6-2-1-3-7-19/h4-5,10H,1-3,6-9H2/q-1. The molecule has 0 aliphatic carbocycles. The molecule has 112 valence electrons. The third-order valence-corrected chi connectivity index (χ3v) is 3.45. The van der Waals surface area contributed by atoms with Gasteiger partial charge >= 0.3 is 6.98 Å². The summed E-state index contributed by atoms with van der Waals surface area (Å²) in [5, 5.41) is 0. The third kappa shape index (κ3) is 4.13. The van der Waals surface area contributed by atoms with Crippen LogP contribution in [0.3, 0.4) is 0 Å². The van der Waals surface area contributed by atoms with Gasteiger partial charge in [-0.3, -0.25) is 4.90 Å². The number of rotatable bonds is 5. The Balaban J connectivity index is 1.91. The minimum atomic E-state index is -5.13. The minimum Gasteiger partial charge on any atom is -0.489 e. The molecule has 20 heavy (non-hydrogen) atoms. The van der Waals surface area contributed by atoms with Crippen molar-refractivity contribution in [1.82, 2.24) is 4.90 Å². The minimum absolute atomic E-state index is 0.200. The van der Waals surface area contributed by atoms with Crippen LogP contribution in [0.2, 0.25) is 0 Å². The Bertz CT molecular complexity index is 446. The lowest BCUT2D eigenvalue weighted by Crippen LogP contribution is -2.35. The fraction of sp³-hybridized carbons (Fsp3) is 0.538. The molecule has 1 saturated heterocycles. The number of ether oxygens (including phenoxy) is 1. The molecule has 1 aromatic carbocycles. The van der Waals surface area contributed by atoms with Crippen LogP contribution in [0, 0.1) is 5.82 Å².